The van der Waals surface area contributed by atoms with E-state index in [1.807, 2.05) is 60.7 Å². The van der Waals surface area contributed by atoms with Crippen LogP contribution in [-0.2, 0) is 27.2 Å². The Balaban J connectivity index is 2.27. The number of rotatable bonds is 10. The summed E-state index contributed by atoms with van der Waals surface area (Å²) in [6.45, 7) is 2.72. The minimum atomic E-state index is -1.43. The largest absolute Gasteiger partial charge is 0.545 e. The maximum absolute atomic E-state index is 11.7. The molecule has 140 valence electrons. The van der Waals surface area contributed by atoms with Gasteiger partial charge in [-0.25, -0.2) is 0 Å². The third kappa shape index (κ3) is 6.56. The van der Waals surface area contributed by atoms with E-state index in [2.05, 4.69) is 6.58 Å². The number of hydrogen-bond donors (Lipinski definition) is 0. The van der Waals surface area contributed by atoms with Gasteiger partial charge < -0.3 is 24.5 Å². The van der Waals surface area contributed by atoms with E-state index >= 15 is 0 Å². The van der Waals surface area contributed by atoms with Gasteiger partial charge in [0, 0.05) is 5.57 Å². The molecule has 5 heteroatoms. The molecule has 0 saturated carbocycles. The van der Waals surface area contributed by atoms with Crippen molar-refractivity contribution in [1.82, 2.24) is 0 Å². The lowest BCUT2D eigenvalue weighted by molar-refractivity contribution is -0.300. The van der Waals surface area contributed by atoms with Crippen molar-refractivity contribution in [1.29, 1.82) is 0 Å². The van der Waals surface area contributed by atoms with Gasteiger partial charge in [-0.3, -0.25) is 0 Å². The Morgan fingerprint density at radius 3 is 1.67 bits per heavy atom. The third-order valence-electron chi connectivity index (χ3n) is 4.01. The number of carbonyl (C=O) groups is 2. The minimum absolute atomic E-state index is 0.00820. The van der Waals surface area contributed by atoms with Crippen molar-refractivity contribution in [3.05, 3.63) is 95.1 Å². The highest BCUT2D eigenvalue weighted by atomic mass is 16.5. The first kappa shape index (κ1) is 20.1. The summed E-state index contributed by atoms with van der Waals surface area (Å²) in [5.74, 6) is -2.77. The van der Waals surface area contributed by atoms with Crippen LogP contribution in [0.15, 0.2) is 84.0 Å². The van der Waals surface area contributed by atoms with E-state index in [0.717, 1.165) is 11.1 Å². The van der Waals surface area contributed by atoms with Crippen LogP contribution in [-0.4, -0.2) is 25.2 Å². The molecule has 0 spiro atoms. The highest BCUT2D eigenvalue weighted by Crippen LogP contribution is 2.18. The lowest BCUT2D eigenvalue weighted by Crippen LogP contribution is -2.30. The lowest BCUT2D eigenvalue weighted by Gasteiger charge is -2.18. The fourth-order valence-electron chi connectivity index (χ4n) is 2.60. The molecule has 0 radical (unpaired) electrons. The lowest BCUT2D eigenvalue weighted by atomic mass is 9.94. The second kappa shape index (κ2) is 10.1. The molecule has 0 amide bonds. The van der Waals surface area contributed by atoms with Crippen molar-refractivity contribution in [3.8, 4) is 0 Å². The van der Waals surface area contributed by atoms with Gasteiger partial charge >= 0.3 is 0 Å². The van der Waals surface area contributed by atoms with Crippen molar-refractivity contribution in [2.24, 2.45) is 0 Å². The van der Waals surface area contributed by atoms with Crippen LogP contribution in [0.2, 0.25) is 0 Å². The number of allylic oxidation sites excluding steroid dienone is 1. The number of ether oxygens (including phenoxy) is 1. The van der Waals surface area contributed by atoms with Gasteiger partial charge in [0.05, 0.1) is 25.2 Å². The molecule has 0 bridgehead atoms. The summed E-state index contributed by atoms with van der Waals surface area (Å²) < 4.78 is 5.24. The van der Waals surface area contributed by atoms with Gasteiger partial charge in [0.2, 0.25) is 0 Å². The Morgan fingerprint density at radius 2 is 1.26 bits per heavy atom. The number of carboxylic acid groups (broad SMARTS) is 2. The van der Waals surface area contributed by atoms with Crippen LogP contribution < -0.4 is 10.2 Å². The Labute approximate surface area is 158 Å². The standard InChI is InChI=1S/C22H22O5/c1-16(21(23)24)14-27-15-20(22(25)26)19(12-17-8-4-2-5-9-17)13-18-10-6-3-7-11-18/h2-11H,1,12-15H2,(H,23,24)(H,25,26)/p-2. The van der Waals surface area contributed by atoms with Gasteiger partial charge in [0.25, 0.3) is 0 Å². The van der Waals surface area contributed by atoms with E-state index in [-0.39, 0.29) is 24.4 Å². The summed E-state index contributed by atoms with van der Waals surface area (Å²) in [6, 6.07) is 19.0. The molecule has 27 heavy (non-hydrogen) atoms. The first-order valence-corrected chi connectivity index (χ1v) is 8.44. The first-order chi connectivity index (χ1) is 13.0. The third-order valence-corrected chi connectivity index (χ3v) is 4.01. The SMILES string of the molecule is C=C(COCC(C(=O)[O-])=C(Cc1ccccc1)Cc1ccccc1)C(=O)[O-]. The summed E-state index contributed by atoms with van der Waals surface area (Å²) in [5, 5.41) is 22.4. The molecule has 0 fully saturated rings. The Hall–Kier alpha value is -3.18. The zero-order chi connectivity index (χ0) is 19.6. The molecule has 5 nitrogen and oxygen atoms in total. The van der Waals surface area contributed by atoms with Crippen LogP contribution in [0.1, 0.15) is 11.1 Å². The molecule has 2 aromatic carbocycles. The molecule has 0 heterocycles. The fourth-order valence-corrected chi connectivity index (χ4v) is 2.60. The predicted octanol–water partition coefficient (Wildman–Crippen LogP) is 0.841. The molecule has 0 N–H and O–H groups in total. The molecule has 2 rings (SSSR count). The molecular weight excluding hydrogens is 344 g/mol. The van der Waals surface area contributed by atoms with E-state index < -0.39 is 11.9 Å². The predicted molar refractivity (Wildman–Crippen MR) is 97.3 cm³/mol. The van der Waals surface area contributed by atoms with Crippen molar-refractivity contribution < 1.29 is 24.5 Å². The second-order valence-corrected chi connectivity index (χ2v) is 6.08. The molecule has 0 saturated heterocycles. The number of carbonyl (C=O) groups excluding carboxylic acids is 2. The molecule has 0 aliphatic rings. The maximum Gasteiger partial charge on any atom is 0.0738 e. The van der Waals surface area contributed by atoms with E-state index in [9.17, 15) is 19.8 Å². The van der Waals surface area contributed by atoms with Crippen molar-refractivity contribution >= 4 is 11.9 Å². The molecular formula is C22H20O5-2. The van der Waals surface area contributed by atoms with Gasteiger partial charge in [-0.2, -0.15) is 0 Å². The monoisotopic (exact) mass is 364 g/mol. The maximum atomic E-state index is 11.7. The average Bonchev–Trinajstić information content (AvgIpc) is 2.66. The minimum Gasteiger partial charge on any atom is -0.545 e. The average molecular weight is 364 g/mol. The van der Waals surface area contributed by atoms with E-state index in [4.69, 9.17) is 4.74 Å². The Bertz CT molecular complexity index is 779. The van der Waals surface area contributed by atoms with Crippen LogP contribution in [0.5, 0.6) is 0 Å². The molecule has 0 aliphatic carbocycles. The van der Waals surface area contributed by atoms with Gasteiger partial charge in [-0.15, -0.1) is 0 Å². The fraction of sp³-hybridized carbons (Fsp3) is 0.182. The normalized spacial score (nSPS) is 10.2. The van der Waals surface area contributed by atoms with Crippen molar-refractivity contribution in [2.45, 2.75) is 12.8 Å². The van der Waals surface area contributed by atoms with E-state index in [1.165, 1.54) is 0 Å². The molecule has 0 aliphatic heterocycles. The number of aliphatic carboxylic acids is 2. The molecule has 0 unspecified atom stereocenters. The smallest absolute Gasteiger partial charge is 0.0738 e. The summed E-state index contributed by atoms with van der Waals surface area (Å²) in [6.07, 6.45) is 0.841. The first-order valence-electron chi connectivity index (χ1n) is 8.44. The van der Waals surface area contributed by atoms with Gasteiger partial charge in [-0.05, 0) is 29.5 Å². The summed E-state index contributed by atoms with van der Waals surface area (Å²) >= 11 is 0. The van der Waals surface area contributed by atoms with Crippen molar-refractivity contribution in [2.75, 3.05) is 13.2 Å². The van der Waals surface area contributed by atoms with E-state index in [1.54, 1.807) is 0 Å². The van der Waals surface area contributed by atoms with Gasteiger partial charge in [0.15, 0.2) is 0 Å². The summed E-state index contributed by atoms with van der Waals surface area (Å²) in [4.78, 5) is 22.4. The zero-order valence-electron chi connectivity index (χ0n) is 14.9. The topological polar surface area (TPSA) is 89.5 Å². The number of benzene rings is 2. The molecule has 0 atom stereocenters. The van der Waals surface area contributed by atoms with Gasteiger partial charge in [0.1, 0.15) is 0 Å². The Kier molecular flexibility index (Phi) is 7.52. The summed E-state index contributed by atoms with van der Waals surface area (Å²) in [5.41, 5.74) is 2.32. The number of carboxylic acids is 2. The van der Waals surface area contributed by atoms with Crippen LogP contribution in [0.3, 0.4) is 0 Å². The van der Waals surface area contributed by atoms with E-state index in [0.29, 0.717) is 18.4 Å². The van der Waals surface area contributed by atoms with Crippen LogP contribution >= 0.6 is 0 Å². The van der Waals surface area contributed by atoms with Crippen molar-refractivity contribution in [3.63, 3.8) is 0 Å². The van der Waals surface area contributed by atoms with Gasteiger partial charge in [-0.1, -0.05) is 72.8 Å². The second-order valence-electron chi connectivity index (χ2n) is 6.08. The summed E-state index contributed by atoms with van der Waals surface area (Å²) in [7, 11) is 0. The Morgan fingerprint density at radius 1 is 0.778 bits per heavy atom. The van der Waals surface area contributed by atoms with Crippen LogP contribution in [0.4, 0.5) is 0 Å². The highest BCUT2D eigenvalue weighted by Gasteiger charge is 2.11. The number of hydrogen-bond acceptors (Lipinski definition) is 5. The van der Waals surface area contributed by atoms with Crippen LogP contribution in [0, 0.1) is 0 Å². The highest BCUT2D eigenvalue weighted by molar-refractivity contribution is 5.86. The van der Waals surface area contributed by atoms with Crippen LogP contribution in [0.25, 0.3) is 0 Å². The molecule has 2 aromatic rings. The molecule has 0 aromatic heterocycles. The quantitative estimate of drug-likeness (QED) is 0.583. The zero-order valence-corrected chi connectivity index (χ0v) is 14.9.